The Kier molecular flexibility index (Phi) is 6.23. The maximum absolute atomic E-state index is 5.06. The van der Waals surface area contributed by atoms with Gasteiger partial charge in [-0.15, -0.1) is 0 Å². The molecule has 6 aromatic rings. The average Bonchev–Trinajstić information content (AvgIpc) is 3.22. The third-order valence-corrected chi connectivity index (χ3v) is 8.17. The van der Waals surface area contributed by atoms with Crippen LogP contribution in [-0.2, 0) is 0 Å². The summed E-state index contributed by atoms with van der Waals surface area (Å²) in [5.74, 6) is 1.52. The number of hydrogen-bond donors (Lipinski definition) is 0. The highest BCUT2D eigenvalue weighted by Gasteiger charge is 2.28. The van der Waals surface area contributed by atoms with Crippen LogP contribution in [0, 0.1) is 0 Å². The van der Waals surface area contributed by atoms with Gasteiger partial charge in [0.2, 0.25) is 0 Å². The van der Waals surface area contributed by atoms with Gasteiger partial charge in [0, 0.05) is 28.5 Å². The summed E-state index contributed by atoms with van der Waals surface area (Å²) < 4.78 is 0. The summed E-state index contributed by atoms with van der Waals surface area (Å²) in [6.45, 7) is 0. The fourth-order valence-electron chi connectivity index (χ4n) is 6.13. The molecule has 1 aliphatic carbocycles. The fraction of sp³-hybridized carbons (Fsp3) is 0.0513. The number of nitrogens with zero attached hydrogens (tertiary/aromatic N) is 4. The average molecular weight is 553 g/mol. The predicted octanol–water partition coefficient (Wildman–Crippen LogP) is 9.75. The Labute approximate surface area is 251 Å². The molecular weight excluding hydrogens is 524 g/mol. The van der Waals surface area contributed by atoms with Crippen LogP contribution in [0.2, 0.25) is 0 Å². The Morgan fingerprint density at radius 2 is 1.19 bits per heavy atom. The number of benzene rings is 4. The second-order valence-electron chi connectivity index (χ2n) is 10.8. The second-order valence-corrected chi connectivity index (χ2v) is 10.8. The van der Waals surface area contributed by atoms with Gasteiger partial charge in [0.25, 0.3) is 0 Å². The smallest absolute Gasteiger partial charge is 0.161 e. The molecule has 4 heteroatoms. The quantitative estimate of drug-likeness (QED) is 0.218. The number of pyridine rings is 1. The van der Waals surface area contributed by atoms with Gasteiger partial charge in [-0.3, -0.25) is 4.90 Å². The van der Waals surface area contributed by atoms with Crippen molar-refractivity contribution in [3.05, 3.63) is 157 Å². The van der Waals surface area contributed by atoms with Gasteiger partial charge >= 0.3 is 0 Å². The van der Waals surface area contributed by atoms with E-state index in [0.717, 1.165) is 52.4 Å². The molecule has 0 atom stereocenters. The molecule has 0 amide bonds. The summed E-state index contributed by atoms with van der Waals surface area (Å²) in [4.78, 5) is 17.4. The lowest BCUT2D eigenvalue weighted by atomic mass is 9.90. The van der Waals surface area contributed by atoms with Gasteiger partial charge in [-0.05, 0) is 59.9 Å². The molecule has 2 aromatic heterocycles. The van der Waals surface area contributed by atoms with Crippen molar-refractivity contribution in [3.8, 4) is 45.0 Å². The van der Waals surface area contributed by atoms with Crippen LogP contribution >= 0.6 is 0 Å². The zero-order valence-electron chi connectivity index (χ0n) is 23.6. The van der Waals surface area contributed by atoms with Gasteiger partial charge in [-0.2, -0.15) is 0 Å². The highest BCUT2D eigenvalue weighted by Crippen LogP contribution is 2.47. The van der Waals surface area contributed by atoms with Gasteiger partial charge < -0.3 is 0 Å². The normalized spacial score (nSPS) is 13.6. The first-order chi connectivity index (χ1) is 21.3. The van der Waals surface area contributed by atoms with Crippen LogP contribution in [-0.4, -0.2) is 15.0 Å². The first kappa shape index (κ1) is 25.1. The lowest BCUT2D eigenvalue weighted by Crippen LogP contribution is -2.18. The maximum Gasteiger partial charge on any atom is 0.161 e. The molecule has 204 valence electrons. The van der Waals surface area contributed by atoms with E-state index in [2.05, 4.69) is 108 Å². The fourth-order valence-corrected chi connectivity index (χ4v) is 6.13. The number of rotatable bonds is 4. The number of fused-ring (bicyclic) bond motifs is 4. The molecule has 0 saturated heterocycles. The first-order valence-corrected chi connectivity index (χ1v) is 14.7. The van der Waals surface area contributed by atoms with Crippen molar-refractivity contribution in [3.63, 3.8) is 0 Å². The summed E-state index contributed by atoms with van der Waals surface area (Å²) in [7, 11) is 0. The van der Waals surface area contributed by atoms with E-state index in [1.807, 2.05) is 42.6 Å². The molecule has 1 aliphatic heterocycles. The van der Waals surface area contributed by atoms with Crippen molar-refractivity contribution in [2.45, 2.75) is 12.8 Å². The van der Waals surface area contributed by atoms with Crippen molar-refractivity contribution in [2.75, 3.05) is 4.90 Å². The highest BCUT2D eigenvalue weighted by atomic mass is 15.2. The Bertz CT molecular complexity index is 1950. The minimum Gasteiger partial charge on any atom is -0.294 e. The number of aromatic nitrogens is 3. The summed E-state index contributed by atoms with van der Waals surface area (Å²) in [6, 6.07) is 44.2. The van der Waals surface area contributed by atoms with E-state index in [0.29, 0.717) is 5.82 Å². The number of hydrogen-bond acceptors (Lipinski definition) is 4. The van der Waals surface area contributed by atoms with Crippen LogP contribution in [0.3, 0.4) is 0 Å². The van der Waals surface area contributed by atoms with Crippen molar-refractivity contribution < 1.29 is 0 Å². The third kappa shape index (κ3) is 4.54. The van der Waals surface area contributed by atoms with Crippen molar-refractivity contribution in [2.24, 2.45) is 0 Å². The Hall–Kier alpha value is -5.61. The molecule has 43 heavy (non-hydrogen) atoms. The molecule has 4 aromatic carbocycles. The zero-order valence-corrected chi connectivity index (χ0v) is 23.6. The van der Waals surface area contributed by atoms with Crippen LogP contribution in [0.4, 0.5) is 11.5 Å². The molecule has 0 bridgehead atoms. The topological polar surface area (TPSA) is 41.9 Å². The summed E-state index contributed by atoms with van der Waals surface area (Å²) in [5.41, 5.74) is 12.2. The van der Waals surface area contributed by atoms with Gasteiger partial charge in [-0.25, -0.2) is 15.0 Å². The minimum atomic E-state index is 0.653. The van der Waals surface area contributed by atoms with Gasteiger partial charge in [0.1, 0.15) is 5.82 Å². The first-order valence-electron chi connectivity index (χ1n) is 14.7. The lowest BCUT2D eigenvalue weighted by Gasteiger charge is -2.28. The Morgan fingerprint density at radius 3 is 1.86 bits per heavy atom. The molecule has 0 fully saturated rings. The van der Waals surface area contributed by atoms with Crippen LogP contribution in [0.25, 0.3) is 50.6 Å². The second kappa shape index (κ2) is 10.7. The van der Waals surface area contributed by atoms with Crippen molar-refractivity contribution >= 4 is 17.1 Å². The number of allylic oxidation sites excluding steroid dienone is 3. The maximum atomic E-state index is 5.06. The largest absolute Gasteiger partial charge is 0.294 e. The summed E-state index contributed by atoms with van der Waals surface area (Å²) in [5, 5.41) is 0. The Balaban J connectivity index is 1.26. The molecule has 0 saturated carbocycles. The molecule has 0 unspecified atom stereocenters. The number of anilines is 2. The van der Waals surface area contributed by atoms with Crippen LogP contribution in [0.5, 0.6) is 0 Å². The van der Waals surface area contributed by atoms with Crippen LogP contribution in [0.15, 0.2) is 151 Å². The van der Waals surface area contributed by atoms with Gasteiger partial charge in [0.05, 0.1) is 22.8 Å². The zero-order chi connectivity index (χ0) is 28.6. The Morgan fingerprint density at radius 1 is 0.558 bits per heavy atom. The summed E-state index contributed by atoms with van der Waals surface area (Å²) >= 11 is 0. The SMILES string of the molecule is C1=CC2=C(CC1)c1ccccc1-c1ccccc1N2c1ccc(-c2nc(-c3ccccc3)cc(-c3ccccc3)n2)cn1. The number of para-hydroxylation sites is 1. The van der Waals surface area contributed by atoms with E-state index in [4.69, 9.17) is 15.0 Å². The predicted molar refractivity (Wildman–Crippen MR) is 175 cm³/mol. The molecule has 4 nitrogen and oxygen atoms in total. The summed E-state index contributed by atoms with van der Waals surface area (Å²) in [6.07, 6.45) is 8.45. The van der Waals surface area contributed by atoms with Crippen LogP contribution in [0.1, 0.15) is 18.4 Å². The highest BCUT2D eigenvalue weighted by molar-refractivity contribution is 5.97. The van der Waals surface area contributed by atoms with E-state index in [1.165, 1.54) is 28.0 Å². The van der Waals surface area contributed by atoms with E-state index < -0.39 is 0 Å². The van der Waals surface area contributed by atoms with E-state index in [-0.39, 0.29) is 0 Å². The molecule has 0 radical (unpaired) electrons. The third-order valence-electron chi connectivity index (χ3n) is 8.17. The molecule has 0 spiro atoms. The minimum absolute atomic E-state index is 0.653. The molecular formula is C39H28N4. The lowest BCUT2D eigenvalue weighted by molar-refractivity contribution is 1.01. The van der Waals surface area contributed by atoms with Crippen molar-refractivity contribution in [1.29, 1.82) is 0 Å². The molecule has 0 N–H and O–H groups in total. The van der Waals surface area contributed by atoms with E-state index >= 15 is 0 Å². The van der Waals surface area contributed by atoms with Crippen LogP contribution < -0.4 is 4.90 Å². The van der Waals surface area contributed by atoms with E-state index in [1.54, 1.807) is 0 Å². The monoisotopic (exact) mass is 552 g/mol. The molecule has 8 rings (SSSR count). The standard InChI is InChI=1S/C39H28N4/c1-3-13-27(14-4-1)34-25-35(28-15-5-2-6-16-28)42-39(41-34)29-23-24-38(40-26-29)43-36-21-11-9-19-32(36)30-17-7-8-18-31(30)33-20-10-12-22-37(33)43/h1-9,11-19,21-26H,10,20H2. The van der Waals surface area contributed by atoms with Gasteiger partial charge in [-0.1, -0.05) is 109 Å². The molecule has 3 heterocycles. The molecule has 2 aliphatic rings. The van der Waals surface area contributed by atoms with Crippen molar-refractivity contribution in [1.82, 2.24) is 15.0 Å². The van der Waals surface area contributed by atoms with E-state index in [9.17, 15) is 0 Å². The van der Waals surface area contributed by atoms with Gasteiger partial charge in [0.15, 0.2) is 5.82 Å².